The van der Waals surface area contributed by atoms with Gasteiger partial charge in [-0.2, -0.15) is 0 Å². The SMILES string of the molecule is COc1ccccc1CC1CCC2C(C=CC3=CCCc4c3n2c2ccncc42)C1. The number of methoxy groups -OCH3 is 1. The second kappa shape index (κ2) is 7.16. The van der Waals surface area contributed by atoms with Crippen LogP contribution >= 0.6 is 0 Å². The van der Waals surface area contributed by atoms with Crippen LogP contribution in [0.3, 0.4) is 0 Å². The number of aryl methyl sites for hydroxylation is 1. The van der Waals surface area contributed by atoms with Crippen molar-refractivity contribution >= 4 is 16.5 Å². The molecular weight excluding hydrogens is 368 g/mol. The summed E-state index contributed by atoms with van der Waals surface area (Å²) in [6.07, 6.45) is 18.5. The molecule has 0 bridgehead atoms. The first kappa shape index (κ1) is 18.0. The molecule has 3 aromatic rings. The topological polar surface area (TPSA) is 27.1 Å². The zero-order valence-corrected chi connectivity index (χ0v) is 17.6. The number of pyridine rings is 1. The molecule has 3 nitrogen and oxygen atoms in total. The van der Waals surface area contributed by atoms with Gasteiger partial charge in [-0.1, -0.05) is 36.4 Å². The van der Waals surface area contributed by atoms with Crippen molar-refractivity contribution in [3.63, 3.8) is 0 Å². The molecule has 3 unspecified atom stereocenters. The molecule has 0 saturated heterocycles. The summed E-state index contributed by atoms with van der Waals surface area (Å²) >= 11 is 0. The number of rotatable bonds is 3. The maximum atomic E-state index is 5.62. The zero-order valence-electron chi connectivity index (χ0n) is 17.6. The summed E-state index contributed by atoms with van der Waals surface area (Å²) in [6, 6.07) is 11.3. The van der Waals surface area contributed by atoms with Crippen LogP contribution in [0.25, 0.3) is 16.5 Å². The number of hydrogen-bond acceptors (Lipinski definition) is 2. The predicted octanol–water partition coefficient (Wildman–Crippen LogP) is 6.14. The smallest absolute Gasteiger partial charge is 0.122 e. The van der Waals surface area contributed by atoms with E-state index in [2.05, 4.69) is 64.3 Å². The van der Waals surface area contributed by atoms with Crippen LogP contribution in [0.4, 0.5) is 0 Å². The third kappa shape index (κ3) is 2.75. The van der Waals surface area contributed by atoms with Crippen molar-refractivity contribution in [2.45, 2.75) is 44.6 Å². The minimum Gasteiger partial charge on any atom is -0.496 e. The van der Waals surface area contributed by atoms with Crippen molar-refractivity contribution in [1.82, 2.24) is 9.55 Å². The molecule has 0 spiro atoms. The zero-order chi connectivity index (χ0) is 20.1. The van der Waals surface area contributed by atoms with Crippen LogP contribution in [-0.2, 0) is 12.8 Å². The summed E-state index contributed by atoms with van der Waals surface area (Å²) < 4.78 is 8.30. The van der Waals surface area contributed by atoms with Gasteiger partial charge in [-0.25, -0.2) is 0 Å². The Kier molecular flexibility index (Phi) is 4.29. The van der Waals surface area contributed by atoms with Crippen molar-refractivity contribution in [2.75, 3.05) is 7.11 Å². The molecule has 1 aliphatic heterocycles. The Hall–Kier alpha value is -2.81. The molecular formula is C27H28N2O. The summed E-state index contributed by atoms with van der Waals surface area (Å²) in [5.74, 6) is 2.31. The highest BCUT2D eigenvalue weighted by molar-refractivity contribution is 5.93. The normalized spacial score (nSPS) is 24.7. The van der Waals surface area contributed by atoms with Gasteiger partial charge in [-0.3, -0.25) is 4.98 Å². The van der Waals surface area contributed by atoms with Gasteiger partial charge in [0.05, 0.1) is 18.3 Å². The molecule has 152 valence electrons. The molecule has 2 aromatic heterocycles. The Bertz CT molecular complexity index is 1170. The van der Waals surface area contributed by atoms with Gasteiger partial charge < -0.3 is 9.30 Å². The lowest BCUT2D eigenvalue weighted by atomic mass is 9.75. The molecule has 2 aliphatic carbocycles. The number of benzene rings is 1. The highest BCUT2D eigenvalue weighted by atomic mass is 16.5. The van der Waals surface area contributed by atoms with Crippen LogP contribution in [0, 0.1) is 11.8 Å². The second-order valence-corrected chi connectivity index (χ2v) is 9.07. The first-order chi connectivity index (χ1) is 14.8. The van der Waals surface area contributed by atoms with Crippen molar-refractivity contribution in [1.29, 1.82) is 0 Å². The average Bonchev–Trinajstić information content (AvgIpc) is 3.03. The number of hydrogen-bond donors (Lipinski definition) is 0. The van der Waals surface area contributed by atoms with Crippen molar-refractivity contribution in [3.05, 3.63) is 77.8 Å². The maximum absolute atomic E-state index is 5.62. The third-order valence-electron chi connectivity index (χ3n) is 7.47. The van der Waals surface area contributed by atoms with Gasteiger partial charge in [-0.15, -0.1) is 0 Å². The molecule has 30 heavy (non-hydrogen) atoms. The summed E-state index contributed by atoms with van der Waals surface area (Å²) in [5.41, 5.74) is 7.13. The fraction of sp³-hybridized carbons (Fsp3) is 0.370. The Morgan fingerprint density at radius 2 is 2.10 bits per heavy atom. The number of aromatic nitrogens is 2. The highest BCUT2D eigenvalue weighted by Crippen LogP contribution is 2.48. The largest absolute Gasteiger partial charge is 0.496 e. The predicted molar refractivity (Wildman–Crippen MR) is 122 cm³/mol. The van der Waals surface area contributed by atoms with E-state index in [0.29, 0.717) is 17.9 Å². The molecule has 0 radical (unpaired) electrons. The van der Waals surface area contributed by atoms with Crippen LogP contribution in [-0.4, -0.2) is 16.7 Å². The monoisotopic (exact) mass is 396 g/mol. The molecule has 3 atom stereocenters. The first-order valence-electron chi connectivity index (χ1n) is 11.3. The van der Waals surface area contributed by atoms with Crippen LogP contribution in [0.15, 0.2) is 61.0 Å². The molecule has 0 amide bonds. The Morgan fingerprint density at radius 3 is 3.03 bits per heavy atom. The summed E-state index contributed by atoms with van der Waals surface area (Å²) in [4.78, 5) is 4.45. The van der Waals surface area contributed by atoms with Gasteiger partial charge in [0.25, 0.3) is 0 Å². The van der Waals surface area contributed by atoms with E-state index in [0.717, 1.165) is 25.0 Å². The quantitative estimate of drug-likeness (QED) is 0.531. The summed E-state index contributed by atoms with van der Waals surface area (Å²) in [5, 5.41) is 1.36. The number of nitrogens with zero attached hydrogens (tertiary/aromatic N) is 2. The lowest BCUT2D eigenvalue weighted by Crippen LogP contribution is -2.27. The molecule has 3 aliphatic rings. The van der Waals surface area contributed by atoms with Crippen LogP contribution in [0.5, 0.6) is 5.75 Å². The van der Waals surface area contributed by atoms with Crippen molar-refractivity contribution in [2.24, 2.45) is 11.8 Å². The standard InChI is InChI=1S/C27H28N2O/c1-30-26-8-3-2-5-21(26)16-18-9-12-24-20(15-18)11-10-19-6-4-7-22-23-17-28-14-13-25(23)29(24)27(19)22/h2-3,5-6,8,10-11,13-14,17-18,20,24H,4,7,9,12,15-16H2,1H3. The average molecular weight is 397 g/mol. The van der Waals surface area contributed by atoms with Crippen LogP contribution in [0.1, 0.15) is 48.5 Å². The first-order valence-corrected chi connectivity index (χ1v) is 11.3. The highest BCUT2D eigenvalue weighted by Gasteiger charge is 2.36. The van der Waals surface area contributed by atoms with Gasteiger partial charge in [0.2, 0.25) is 0 Å². The van der Waals surface area contributed by atoms with E-state index >= 15 is 0 Å². The number of para-hydroxylation sites is 1. The van der Waals surface area contributed by atoms with Gasteiger partial charge in [0.1, 0.15) is 5.75 Å². The van der Waals surface area contributed by atoms with E-state index < -0.39 is 0 Å². The molecule has 1 saturated carbocycles. The Morgan fingerprint density at radius 1 is 1.17 bits per heavy atom. The number of ether oxygens (including phenoxy) is 1. The van der Waals surface area contributed by atoms with Gasteiger partial charge >= 0.3 is 0 Å². The summed E-state index contributed by atoms with van der Waals surface area (Å²) in [6.45, 7) is 0. The minimum atomic E-state index is 0.549. The van der Waals surface area contributed by atoms with E-state index in [1.807, 2.05) is 6.20 Å². The van der Waals surface area contributed by atoms with Gasteiger partial charge in [0, 0.05) is 23.8 Å². The van der Waals surface area contributed by atoms with E-state index in [1.165, 1.54) is 52.6 Å². The number of fused-ring (bicyclic) bond motifs is 5. The van der Waals surface area contributed by atoms with Crippen molar-refractivity contribution in [3.8, 4) is 5.75 Å². The van der Waals surface area contributed by atoms with Gasteiger partial charge in [0.15, 0.2) is 0 Å². The Labute approximate surface area is 178 Å². The lowest BCUT2D eigenvalue weighted by molar-refractivity contribution is 0.220. The summed E-state index contributed by atoms with van der Waals surface area (Å²) in [7, 11) is 1.78. The van der Waals surface area contributed by atoms with E-state index in [-0.39, 0.29) is 0 Å². The number of allylic oxidation sites excluding steroid dienone is 4. The molecule has 6 rings (SSSR count). The molecule has 3 heterocycles. The van der Waals surface area contributed by atoms with Crippen molar-refractivity contribution < 1.29 is 4.74 Å². The van der Waals surface area contributed by atoms with Crippen LogP contribution < -0.4 is 4.74 Å². The van der Waals surface area contributed by atoms with E-state index in [1.54, 1.807) is 7.11 Å². The molecule has 3 heteroatoms. The molecule has 1 aromatic carbocycles. The van der Waals surface area contributed by atoms with Gasteiger partial charge in [-0.05, 0) is 79.2 Å². The van der Waals surface area contributed by atoms with E-state index in [9.17, 15) is 0 Å². The lowest BCUT2D eigenvalue weighted by Gasteiger charge is -2.36. The second-order valence-electron chi connectivity index (χ2n) is 9.07. The maximum Gasteiger partial charge on any atom is 0.122 e. The molecule has 1 fully saturated rings. The fourth-order valence-corrected chi connectivity index (χ4v) is 6.15. The Balaban J connectivity index is 1.37. The van der Waals surface area contributed by atoms with Crippen LogP contribution in [0.2, 0.25) is 0 Å². The van der Waals surface area contributed by atoms with E-state index in [4.69, 9.17) is 4.74 Å². The molecule has 0 N–H and O–H groups in total. The fourth-order valence-electron chi connectivity index (χ4n) is 6.15. The third-order valence-corrected chi connectivity index (χ3v) is 7.47. The minimum absolute atomic E-state index is 0.549.